The Labute approximate surface area is 183 Å². The second-order valence-corrected chi connectivity index (χ2v) is 8.15. The van der Waals surface area contributed by atoms with E-state index in [2.05, 4.69) is 5.10 Å². The Hall–Kier alpha value is -3.49. The number of piperidine rings is 1. The molecule has 2 saturated heterocycles. The first-order chi connectivity index (χ1) is 15.5. The average molecular weight is 439 g/mol. The fourth-order valence-corrected chi connectivity index (χ4v) is 4.45. The van der Waals surface area contributed by atoms with E-state index in [1.807, 2.05) is 12.1 Å². The van der Waals surface area contributed by atoms with Crippen LogP contribution in [0.4, 0.5) is 19.3 Å². The second kappa shape index (κ2) is 8.22. The molecule has 3 aromatic rings. The maximum absolute atomic E-state index is 14.3. The number of alkyl halides is 1. The number of anilines is 1. The van der Waals surface area contributed by atoms with Gasteiger partial charge in [-0.2, -0.15) is 5.10 Å². The van der Waals surface area contributed by atoms with E-state index in [4.69, 9.17) is 0 Å². The number of amides is 3. The molecule has 3 amide bonds. The van der Waals surface area contributed by atoms with Crippen molar-refractivity contribution in [2.24, 2.45) is 0 Å². The number of halogens is 2. The summed E-state index contributed by atoms with van der Waals surface area (Å²) in [5.74, 6) is -0.619. The molecule has 1 aromatic heterocycles. The highest BCUT2D eigenvalue weighted by Crippen LogP contribution is 2.31. The predicted molar refractivity (Wildman–Crippen MR) is 116 cm³/mol. The van der Waals surface area contributed by atoms with Gasteiger partial charge in [-0.05, 0) is 37.1 Å². The molecule has 5 rings (SSSR count). The van der Waals surface area contributed by atoms with Crippen molar-refractivity contribution < 1.29 is 18.4 Å². The highest BCUT2D eigenvalue weighted by Gasteiger charge is 2.34. The lowest BCUT2D eigenvalue weighted by Crippen LogP contribution is -2.46. The molecule has 0 unspecified atom stereocenters. The molecule has 0 aliphatic carbocycles. The van der Waals surface area contributed by atoms with Gasteiger partial charge in [0.15, 0.2) is 0 Å². The number of carbonyl (C=O) groups excluding carboxylic acids is 2. The molecule has 32 heavy (non-hydrogen) atoms. The predicted octanol–water partition coefficient (Wildman–Crippen LogP) is 3.37. The number of carbonyl (C=O) groups is 2. The summed E-state index contributed by atoms with van der Waals surface area (Å²) in [4.78, 5) is 30.3. The van der Waals surface area contributed by atoms with Gasteiger partial charge in [0, 0.05) is 25.0 Å². The molecule has 2 aliphatic rings. The van der Waals surface area contributed by atoms with Crippen LogP contribution >= 0.6 is 0 Å². The van der Waals surface area contributed by atoms with Gasteiger partial charge in [-0.25, -0.2) is 18.3 Å². The zero-order valence-corrected chi connectivity index (χ0v) is 17.5. The van der Waals surface area contributed by atoms with Crippen molar-refractivity contribution in [3.8, 4) is 5.69 Å². The number of aromatic nitrogens is 2. The molecule has 0 spiro atoms. The van der Waals surface area contributed by atoms with E-state index in [9.17, 15) is 18.4 Å². The summed E-state index contributed by atoms with van der Waals surface area (Å²) in [5.41, 5.74) is 1.66. The Balaban J connectivity index is 1.38. The third-order valence-corrected chi connectivity index (χ3v) is 6.10. The number of rotatable bonds is 4. The van der Waals surface area contributed by atoms with Crippen molar-refractivity contribution in [2.75, 3.05) is 37.6 Å². The fraction of sp³-hybridized carbons (Fsp3) is 0.348. The molecule has 7 nitrogen and oxygen atoms in total. The van der Waals surface area contributed by atoms with Crippen molar-refractivity contribution >= 4 is 28.5 Å². The van der Waals surface area contributed by atoms with E-state index in [-0.39, 0.29) is 25.0 Å². The first-order valence-corrected chi connectivity index (χ1v) is 10.7. The zero-order valence-electron chi connectivity index (χ0n) is 17.5. The number of para-hydroxylation sites is 1. The van der Waals surface area contributed by atoms with Gasteiger partial charge in [-0.15, -0.1) is 0 Å². The Morgan fingerprint density at radius 2 is 1.88 bits per heavy atom. The first kappa shape index (κ1) is 20.4. The smallest absolute Gasteiger partial charge is 0.325 e. The molecule has 0 N–H and O–H groups in total. The van der Waals surface area contributed by atoms with Crippen LogP contribution in [-0.2, 0) is 4.79 Å². The third-order valence-electron chi connectivity index (χ3n) is 6.10. The lowest BCUT2D eigenvalue weighted by atomic mass is 10.1. The maximum atomic E-state index is 14.3. The Kier molecular flexibility index (Phi) is 5.24. The number of likely N-dealkylation sites (tertiary alicyclic amines) is 1. The summed E-state index contributed by atoms with van der Waals surface area (Å²) in [7, 11) is 0. The molecule has 166 valence electrons. The highest BCUT2D eigenvalue weighted by atomic mass is 19.1. The molecule has 2 aliphatic heterocycles. The Morgan fingerprint density at radius 3 is 2.69 bits per heavy atom. The third kappa shape index (κ3) is 3.57. The van der Waals surface area contributed by atoms with Gasteiger partial charge >= 0.3 is 6.03 Å². The minimum absolute atomic E-state index is 0.0630. The van der Waals surface area contributed by atoms with E-state index < -0.39 is 12.0 Å². The van der Waals surface area contributed by atoms with Gasteiger partial charge in [-0.1, -0.05) is 18.2 Å². The summed E-state index contributed by atoms with van der Waals surface area (Å²) in [5, 5.41) is 5.06. The van der Waals surface area contributed by atoms with E-state index >= 15 is 0 Å². The normalized spacial score (nSPS) is 19.2. The van der Waals surface area contributed by atoms with Crippen molar-refractivity contribution in [3.63, 3.8) is 0 Å². The summed E-state index contributed by atoms with van der Waals surface area (Å²) >= 11 is 0. The molecule has 9 heteroatoms. The number of urea groups is 1. The SMILES string of the molecule is O=C(CN1CCN(c2cccc3c2cnn3-c2ccccc2F)C1=O)N1CCC[C@H](F)C1. The average Bonchev–Trinajstić information content (AvgIpc) is 3.38. The van der Waals surface area contributed by atoms with Crippen LogP contribution in [0.25, 0.3) is 16.6 Å². The van der Waals surface area contributed by atoms with Crippen LogP contribution in [0, 0.1) is 5.82 Å². The van der Waals surface area contributed by atoms with Crippen LogP contribution in [0.5, 0.6) is 0 Å². The Morgan fingerprint density at radius 1 is 1.06 bits per heavy atom. The monoisotopic (exact) mass is 439 g/mol. The van der Waals surface area contributed by atoms with Gasteiger partial charge in [0.1, 0.15) is 24.2 Å². The molecule has 0 radical (unpaired) electrons. The van der Waals surface area contributed by atoms with Gasteiger partial charge in [0.2, 0.25) is 5.91 Å². The number of fused-ring (bicyclic) bond motifs is 1. The van der Waals surface area contributed by atoms with E-state index in [0.717, 1.165) is 0 Å². The van der Waals surface area contributed by atoms with Crippen molar-refractivity contribution in [1.29, 1.82) is 0 Å². The van der Waals surface area contributed by atoms with Crippen molar-refractivity contribution in [1.82, 2.24) is 19.6 Å². The van der Waals surface area contributed by atoms with E-state index in [1.165, 1.54) is 20.5 Å². The van der Waals surface area contributed by atoms with Crippen LogP contribution < -0.4 is 4.90 Å². The summed E-state index contributed by atoms with van der Waals surface area (Å²) in [6.07, 6.45) is 1.74. The lowest BCUT2D eigenvalue weighted by molar-refractivity contribution is -0.133. The second-order valence-electron chi connectivity index (χ2n) is 8.15. The fourth-order valence-electron chi connectivity index (χ4n) is 4.45. The summed E-state index contributed by atoms with van der Waals surface area (Å²) in [6, 6.07) is 11.5. The van der Waals surface area contributed by atoms with Crippen molar-refractivity contribution in [2.45, 2.75) is 19.0 Å². The zero-order chi connectivity index (χ0) is 22.2. The van der Waals surface area contributed by atoms with E-state index in [1.54, 1.807) is 35.4 Å². The number of nitrogens with zero attached hydrogens (tertiary/aromatic N) is 5. The van der Waals surface area contributed by atoms with Crippen molar-refractivity contribution in [3.05, 3.63) is 54.5 Å². The molecule has 0 saturated carbocycles. The van der Waals surface area contributed by atoms with Crippen LogP contribution in [0.3, 0.4) is 0 Å². The number of hydrogen-bond donors (Lipinski definition) is 0. The standard InChI is InChI=1S/C23H23F2N5O2/c24-16-5-4-10-27(14-16)22(31)15-28-11-12-29(23(28)32)19-8-3-9-20-17(19)13-26-30(20)21-7-2-1-6-18(21)25/h1-3,6-9,13,16H,4-5,10-12,14-15H2/t16-/m0/s1. The van der Waals surface area contributed by atoms with Gasteiger partial charge in [0.25, 0.3) is 0 Å². The highest BCUT2D eigenvalue weighted by molar-refractivity contribution is 6.04. The van der Waals surface area contributed by atoms with Gasteiger partial charge < -0.3 is 9.80 Å². The number of benzene rings is 2. The van der Waals surface area contributed by atoms with E-state index in [0.29, 0.717) is 54.8 Å². The van der Waals surface area contributed by atoms with Crippen LogP contribution in [0.15, 0.2) is 48.7 Å². The molecular formula is C23H23F2N5O2. The molecule has 0 bridgehead atoms. The quantitative estimate of drug-likeness (QED) is 0.626. The molecule has 1 atom stereocenters. The molecule has 2 aromatic carbocycles. The summed E-state index contributed by atoms with van der Waals surface area (Å²) in [6.45, 7) is 1.38. The molecule has 2 fully saturated rings. The Bertz CT molecular complexity index is 1180. The first-order valence-electron chi connectivity index (χ1n) is 10.7. The molecule has 3 heterocycles. The number of hydrogen-bond acceptors (Lipinski definition) is 3. The maximum Gasteiger partial charge on any atom is 0.325 e. The summed E-state index contributed by atoms with van der Waals surface area (Å²) < 4.78 is 29.5. The minimum Gasteiger partial charge on any atom is -0.338 e. The van der Waals surface area contributed by atoms with Gasteiger partial charge in [0.05, 0.1) is 23.9 Å². The van der Waals surface area contributed by atoms with Gasteiger partial charge in [-0.3, -0.25) is 9.69 Å². The lowest BCUT2D eigenvalue weighted by Gasteiger charge is -2.30. The van der Waals surface area contributed by atoms with Crippen LogP contribution in [0.2, 0.25) is 0 Å². The minimum atomic E-state index is -0.998. The molecular weight excluding hydrogens is 416 g/mol. The van der Waals surface area contributed by atoms with Crippen LogP contribution in [-0.4, -0.2) is 70.4 Å². The van der Waals surface area contributed by atoms with Crippen LogP contribution in [0.1, 0.15) is 12.8 Å². The topological polar surface area (TPSA) is 61.7 Å². The largest absolute Gasteiger partial charge is 0.338 e.